The molecule has 4 nitrogen and oxygen atoms in total. The number of aliphatic hydroxyl groups is 1. The first-order valence-corrected chi connectivity index (χ1v) is 7.82. The molecule has 1 heterocycles. The lowest BCUT2D eigenvalue weighted by Gasteiger charge is -2.21. The van der Waals surface area contributed by atoms with Crippen LogP contribution in [-0.2, 0) is 21.6 Å². The smallest absolute Gasteiger partial charge is 0.342 e. The molecule has 4 heteroatoms. The molecule has 0 aliphatic rings. The Morgan fingerprint density at radius 1 is 1.13 bits per heavy atom. The summed E-state index contributed by atoms with van der Waals surface area (Å²) < 4.78 is 10.8. The molecule has 1 N–H and O–H groups in total. The first kappa shape index (κ1) is 15.6. The van der Waals surface area contributed by atoms with E-state index < -0.39 is 11.6 Å². The lowest BCUT2D eigenvalue weighted by atomic mass is 9.94. The Morgan fingerprint density at radius 2 is 1.78 bits per heavy atom. The van der Waals surface area contributed by atoms with E-state index in [0.717, 1.165) is 28.4 Å². The molecule has 23 heavy (non-hydrogen) atoms. The number of carbonyl (C=O) groups is 1. The van der Waals surface area contributed by atoms with Crippen LogP contribution in [0.4, 0.5) is 0 Å². The monoisotopic (exact) mass is 312 g/mol. The molecule has 0 aliphatic heterocycles. The van der Waals surface area contributed by atoms with Gasteiger partial charge >= 0.3 is 5.97 Å². The van der Waals surface area contributed by atoms with E-state index in [0.29, 0.717) is 5.56 Å². The topological polar surface area (TPSA) is 59.7 Å². The van der Waals surface area contributed by atoms with Crippen molar-refractivity contribution in [2.75, 3.05) is 6.61 Å². The van der Waals surface area contributed by atoms with E-state index in [1.165, 1.54) is 12.5 Å². The maximum absolute atomic E-state index is 12.0. The fourth-order valence-corrected chi connectivity index (χ4v) is 2.74. The Balaban J connectivity index is 2.17. The van der Waals surface area contributed by atoms with Crippen LogP contribution < -0.4 is 0 Å². The average molecular weight is 312 g/mol. The van der Waals surface area contributed by atoms with Crippen molar-refractivity contribution in [3.8, 4) is 0 Å². The first-order chi connectivity index (χ1) is 11.0. The van der Waals surface area contributed by atoms with Gasteiger partial charge in [0, 0.05) is 10.8 Å². The molecule has 0 bridgehead atoms. The molecule has 0 radical (unpaired) electrons. The molecule has 3 aromatic rings. The predicted octanol–water partition coefficient (Wildman–Crippen LogP) is 3.92. The van der Waals surface area contributed by atoms with Gasteiger partial charge in [-0.3, -0.25) is 0 Å². The average Bonchev–Trinajstić information content (AvgIpc) is 2.91. The molecular weight excluding hydrogens is 292 g/mol. The van der Waals surface area contributed by atoms with Gasteiger partial charge < -0.3 is 14.3 Å². The van der Waals surface area contributed by atoms with Gasteiger partial charge in [-0.1, -0.05) is 19.1 Å². The van der Waals surface area contributed by atoms with Crippen molar-refractivity contribution < 1.29 is 19.1 Å². The third kappa shape index (κ3) is 2.59. The van der Waals surface area contributed by atoms with Crippen molar-refractivity contribution in [1.29, 1.82) is 0 Å². The van der Waals surface area contributed by atoms with E-state index in [4.69, 9.17) is 9.15 Å². The largest absolute Gasteiger partial charge is 0.464 e. The van der Waals surface area contributed by atoms with E-state index in [9.17, 15) is 9.90 Å². The van der Waals surface area contributed by atoms with Crippen molar-refractivity contribution >= 4 is 27.9 Å². The Labute approximate surface area is 134 Å². The van der Waals surface area contributed by atoms with Gasteiger partial charge in [0.15, 0.2) is 5.60 Å². The van der Waals surface area contributed by atoms with E-state index in [-0.39, 0.29) is 6.61 Å². The molecule has 0 spiro atoms. The maximum atomic E-state index is 12.0. The normalized spacial score (nSPS) is 14.1. The fraction of sp³-hybridized carbons (Fsp3) is 0.316. The molecule has 3 rings (SSSR count). The molecule has 0 fully saturated rings. The third-order valence-corrected chi connectivity index (χ3v) is 4.18. The number of aryl methyl sites for hydroxylation is 1. The van der Waals surface area contributed by atoms with Crippen molar-refractivity contribution in [3.63, 3.8) is 0 Å². The molecule has 2 aromatic carbocycles. The lowest BCUT2D eigenvalue weighted by Crippen LogP contribution is -2.34. The standard InChI is InChI=1S/C19H20O4/c1-4-12-6-8-16-14(10-12)15-11-13(7-9-17(15)23-16)19(3,21)18(20)22-5-2/h6-11,21H,4-5H2,1-3H3. The predicted molar refractivity (Wildman–Crippen MR) is 89.3 cm³/mol. The summed E-state index contributed by atoms with van der Waals surface area (Å²) in [6, 6.07) is 11.4. The van der Waals surface area contributed by atoms with Gasteiger partial charge in [0.1, 0.15) is 11.2 Å². The summed E-state index contributed by atoms with van der Waals surface area (Å²) in [7, 11) is 0. The lowest BCUT2D eigenvalue weighted by molar-refractivity contribution is -0.164. The van der Waals surface area contributed by atoms with E-state index in [1.54, 1.807) is 25.1 Å². The van der Waals surface area contributed by atoms with Crippen LogP contribution in [-0.4, -0.2) is 17.7 Å². The molecule has 0 aliphatic carbocycles. The van der Waals surface area contributed by atoms with Crippen molar-refractivity contribution in [2.24, 2.45) is 0 Å². The molecule has 120 valence electrons. The number of hydrogen-bond acceptors (Lipinski definition) is 4. The third-order valence-electron chi connectivity index (χ3n) is 4.18. The fourth-order valence-electron chi connectivity index (χ4n) is 2.74. The van der Waals surface area contributed by atoms with Crippen LogP contribution in [0.1, 0.15) is 31.9 Å². The minimum Gasteiger partial charge on any atom is -0.464 e. The maximum Gasteiger partial charge on any atom is 0.342 e. The Bertz CT molecular complexity index is 874. The molecule has 1 aromatic heterocycles. The number of esters is 1. The summed E-state index contributed by atoms with van der Waals surface area (Å²) in [5.41, 5.74) is 1.55. The highest BCUT2D eigenvalue weighted by atomic mass is 16.5. The van der Waals surface area contributed by atoms with Gasteiger partial charge in [-0.25, -0.2) is 4.79 Å². The summed E-state index contributed by atoms with van der Waals surface area (Å²) >= 11 is 0. The summed E-state index contributed by atoms with van der Waals surface area (Å²) in [6.07, 6.45) is 0.933. The highest BCUT2D eigenvalue weighted by Gasteiger charge is 2.34. The van der Waals surface area contributed by atoms with Gasteiger partial charge in [0.25, 0.3) is 0 Å². The Kier molecular flexibility index (Phi) is 3.86. The molecule has 1 unspecified atom stereocenters. The van der Waals surface area contributed by atoms with Crippen LogP contribution in [0.5, 0.6) is 0 Å². The van der Waals surface area contributed by atoms with Crippen LogP contribution in [0.2, 0.25) is 0 Å². The quantitative estimate of drug-likeness (QED) is 0.742. The van der Waals surface area contributed by atoms with E-state index in [1.807, 2.05) is 12.1 Å². The molecular formula is C19H20O4. The van der Waals surface area contributed by atoms with Crippen molar-refractivity contribution in [1.82, 2.24) is 0 Å². The van der Waals surface area contributed by atoms with Crippen molar-refractivity contribution in [3.05, 3.63) is 47.5 Å². The zero-order valence-electron chi connectivity index (χ0n) is 13.6. The SMILES string of the molecule is CCOC(=O)C(C)(O)c1ccc2oc3ccc(CC)cc3c2c1. The number of rotatable bonds is 4. The summed E-state index contributed by atoms with van der Waals surface area (Å²) in [5, 5.41) is 12.4. The van der Waals surface area contributed by atoms with Crippen molar-refractivity contribution in [2.45, 2.75) is 32.8 Å². The van der Waals surface area contributed by atoms with Crippen LogP contribution in [0.15, 0.2) is 40.8 Å². The molecule has 1 atom stereocenters. The van der Waals surface area contributed by atoms with Crippen LogP contribution >= 0.6 is 0 Å². The molecule has 0 saturated carbocycles. The highest BCUT2D eigenvalue weighted by Crippen LogP contribution is 2.33. The van der Waals surface area contributed by atoms with Crippen LogP contribution in [0.25, 0.3) is 21.9 Å². The van der Waals surface area contributed by atoms with Gasteiger partial charge in [-0.05, 0) is 55.7 Å². The number of hydrogen-bond donors (Lipinski definition) is 1. The van der Waals surface area contributed by atoms with Crippen LogP contribution in [0, 0.1) is 0 Å². The number of carbonyl (C=O) groups excluding carboxylic acids is 1. The van der Waals surface area contributed by atoms with Crippen LogP contribution in [0.3, 0.4) is 0 Å². The van der Waals surface area contributed by atoms with Gasteiger partial charge in [-0.2, -0.15) is 0 Å². The first-order valence-electron chi connectivity index (χ1n) is 7.82. The van der Waals surface area contributed by atoms with Gasteiger partial charge in [0.05, 0.1) is 6.61 Å². The second-order valence-corrected chi connectivity index (χ2v) is 5.79. The second kappa shape index (κ2) is 5.70. The van der Waals surface area contributed by atoms with E-state index >= 15 is 0 Å². The minimum atomic E-state index is -1.68. The van der Waals surface area contributed by atoms with Gasteiger partial charge in [0.2, 0.25) is 0 Å². The Morgan fingerprint density at radius 3 is 2.43 bits per heavy atom. The van der Waals surface area contributed by atoms with Gasteiger partial charge in [-0.15, -0.1) is 0 Å². The Hall–Kier alpha value is -2.33. The zero-order valence-corrected chi connectivity index (χ0v) is 13.6. The summed E-state index contributed by atoms with van der Waals surface area (Å²) in [4.78, 5) is 12.0. The summed E-state index contributed by atoms with van der Waals surface area (Å²) in [6.45, 7) is 5.49. The number of benzene rings is 2. The number of ether oxygens (including phenoxy) is 1. The molecule has 0 amide bonds. The molecule has 0 saturated heterocycles. The zero-order chi connectivity index (χ0) is 16.6. The highest BCUT2D eigenvalue weighted by molar-refractivity contribution is 6.05. The van der Waals surface area contributed by atoms with E-state index in [2.05, 4.69) is 13.0 Å². The summed E-state index contributed by atoms with van der Waals surface area (Å²) in [5.74, 6) is -0.651. The second-order valence-electron chi connectivity index (χ2n) is 5.79. The number of fused-ring (bicyclic) bond motifs is 3. The minimum absolute atomic E-state index is 0.228. The number of furan rings is 1.